The fourth-order valence-corrected chi connectivity index (χ4v) is 1.46. The second-order valence-electron chi connectivity index (χ2n) is 4.07. The van der Waals surface area contributed by atoms with Gasteiger partial charge in [0.05, 0.1) is 12.7 Å². The van der Waals surface area contributed by atoms with E-state index in [1.54, 1.807) is 19.2 Å². The number of nitrogen functional groups attached to an aromatic ring is 1. The normalized spacial score (nSPS) is 10.8. The lowest BCUT2D eigenvalue weighted by molar-refractivity contribution is 0.402. The van der Waals surface area contributed by atoms with Crippen LogP contribution in [0.5, 0.6) is 5.75 Å². The second kappa shape index (κ2) is 4.45. The highest BCUT2D eigenvalue weighted by molar-refractivity contribution is 5.66. The van der Waals surface area contributed by atoms with Gasteiger partial charge in [-0.05, 0) is 12.1 Å². The summed E-state index contributed by atoms with van der Waals surface area (Å²) < 4.78 is 10.5. The number of nitrogens with zero attached hydrogens (tertiary/aromatic N) is 2. The molecule has 2 N–H and O–H groups in total. The van der Waals surface area contributed by atoms with Gasteiger partial charge < -0.3 is 15.0 Å². The van der Waals surface area contributed by atoms with E-state index in [0.29, 0.717) is 23.2 Å². The molecule has 0 unspecified atom stereocenters. The largest absolute Gasteiger partial charge is 0.496 e. The van der Waals surface area contributed by atoms with Crippen molar-refractivity contribution in [3.63, 3.8) is 0 Å². The van der Waals surface area contributed by atoms with Crippen LogP contribution in [0.4, 0.5) is 5.69 Å². The first-order valence-corrected chi connectivity index (χ1v) is 5.39. The summed E-state index contributed by atoms with van der Waals surface area (Å²) in [7, 11) is 1.58. The molecule has 5 nitrogen and oxygen atoms in total. The van der Waals surface area contributed by atoms with E-state index in [9.17, 15) is 0 Å². The summed E-state index contributed by atoms with van der Waals surface area (Å²) in [5, 5.41) is 3.92. The van der Waals surface area contributed by atoms with Crippen molar-refractivity contribution in [1.29, 1.82) is 0 Å². The van der Waals surface area contributed by atoms with E-state index in [4.69, 9.17) is 15.0 Å². The molecule has 1 aromatic heterocycles. The minimum absolute atomic E-state index is 0.229. The maximum absolute atomic E-state index is 5.69. The van der Waals surface area contributed by atoms with Crippen LogP contribution in [-0.2, 0) is 0 Å². The summed E-state index contributed by atoms with van der Waals surface area (Å²) in [4.78, 5) is 4.32. The van der Waals surface area contributed by atoms with Gasteiger partial charge in [-0.2, -0.15) is 4.98 Å². The van der Waals surface area contributed by atoms with Gasteiger partial charge in [0, 0.05) is 17.7 Å². The smallest absolute Gasteiger partial charge is 0.261 e. The van der Waals surface area contributed by atoms with Crippen molar-refractivity contribution in [2.45, 2.75) is 19.8 Å². The van der Waals surface area contributed by atoms with Gasteiger partial charge in [0.15, 0.2) is 5.82 Å². The Labute approximate surface area is 99.6 Å². The maximum atomic E-state index is 5.69. The number of rotatable bonds is 3. The minimum Gasteiger partial charge on any atom is -0.496 e. The number of hydrogen-bond donors (Lipinski definition) is 1. The molecule has 0 saturated carbocycles. The molecule has 0 atom stereocenters. The van der Waals surface area contributed by atoms with Gasteiger partial charge in [-0.1, -0.05) is 19.0 Å². The second-order valence-corrected chi connectivity index (χ2v) is 4.07. The third-order valence-electron chi connectivity index (χ3n) is 2.41. The predicted molar refractivity (Wildman–Crippen MR) is 64.8 cm³/mol. The van der Waals surface area contributed by atoms with Crippen LogP contribution in [0.25, 0.3) is 11.5 Å². The fourth-order valence-electron chi connectivity index (χ4n) is 1.46. The molecule has 2 aromatic rings. The van der Waals surface area contributed by atoms with Gasteiger partial charge in [0.2, 0.25) is 0 Å². The zero-order valence-electron chi connectivity index (χ0n) is 10.1. The van der Waals surface area contributed by atoms with Crippen molar-refractivity contribution in [3.8, 4) is 17.2 Å². The van der Waals surface area contributed by atoms with Crippen LogP contribution in [0.3, 0.4) is 0 Å². The van der Waals surface area contributed by atoms with Crippen molar-refractivity contribution >= 4 is 5.69 Å². The summed E-state index contributed by atoms with van der Waals surface area (Å²) in [5.41, 5.74) is 7.07. The van der Waals surface area contributed by atoms with Crippen molar-refractivity contribution in [3.05, 3.63) is 24.0 Å². The number of anilines is 1. The minimum atomic E-state index is 0.229. The Kier molecular flexibility index (Phi) is 2.99. The molecule has 0 aliphatic rings. The Hall–Kier alpha value is -2.04. The maximum Gasteiger partial charge on any atom is 0.261 e. The van der Waals surface area contributed by atoms with E-state index in [2.05, 4.69) is 10.1 Å². The lowest BCUT2D eigenvalue weighted by Gasteiger charge is -2.05. The highest BCUT2D eigenvalue weighted by Gasteiger charge is 2.15. The van der Waals surface area contributed by atoms with Gasteiger partial charge in [0.1, 0.15) is 5.75 Å². The van der Waals surface area contributed by atoms with Crippen molar-refractivity contribution in [2.24, 2.45) is 0 Å². The zero-order valence-corrected chi connectivity index (χ0v) is 10.1. The zero-order chi connectivity index (χ0) is 12.4. The Morgan fingerprint density at radius 2 is 2.12 bits per heavy atom. The SMILES string of the molecule is COc1cc(N)ccc1-c1nc(C(C)C)no1. The summed E-state index contributed by atoms with van der Waals surface area (Å²) in [6, 6.07) is 5.32. The summed E-state index contributed by atoms with van der Waals surface area (Å²) in [6.07, 6.45) is 0. The number of hydrogen-bond acceptors (Lipinski definition) is 5. The number of benzene rings is 1. The van der Waals surface area contributed by atoms with Crippen molar-refractivity contribution in [2.75, 3.05) is 12.8 Å². The molecule has 0 saturated heterocycles. The Bertz CT molecular complexity index is 520. The summed E-state index contributed by atoms with van der Waals surface area (Å²) >= 11 is 0. The lowest BCUT2D eigenvalue weighted by atomic mass is 10.1. The Balaban J connectivity index is 2.44. The molecular formula is C12H15N3O2. The van der Waals surface area contributed by atoms with Crippen LogP contribution < -0.4 is 10.5 Å². The molecule has 0 aliphatic carbocycles. The molecule has 5 heteroatoms. The van der Waals surface area contributed by atoms with Crippen molar-refractivity contribution in [1.82, 2.24) is 10.1 Å². The van der Waals surface area contributed by atoms with Gasteiger partial charge >= 0.3 is 0 Å². The first kappa shape index (κ1) is 11.4. The van der Waals surface area contributed by atoms with E-state index in [-0.39, 0.29) is 5.92 Å². The van der Waals surface area contributed by atoms with E-state index >= 15 is 0 Å². The highest BCUT2D eigenvalue weighted by Crippen LogP contribution is 2.31. The molecule has 90 valence electrons. The number of methoxy groups -OCH3 is 1. The molecule has 0 bridgehead atoms. The molecular weight excluding hydrogens is 218 g/mol. The van der Waals surface area contributed by atoms with E-state index in [0.717, 1.165) is 5.56 Å². The van der Waals surface area contributed by atoms with Crippen LogP contribution in [0.2, 0.25) is 0 Å². The monoisotopic (exact) mass is 233 g/mol. The number of aromatic nitrogens is 2. The molecule has 0 fully saturated rings. The quantitative estimate of drug-likeness (QED) is 0.824. The van der Waals surface area contributed by atoms with E-state index in [1.165, 1.54) is 0 Å². The van der Waals surface area contributed by atoms with Gasteiger partial charge in [0.25, 0.3) is 5.89 Å². The molecule has 1 heterocycles. The molecule has 2 rings (SSSR count). The van der Waals surface area contributed by atoms with Crippen molar-refractivity contribution < 1.29 is 9.26 Å². The summed E-state index contributed by atoms with van der Waals surface area (Å²) in [5.74, 6) is 1.99. The molecule has 0 spiro atoms. The third-order valence-corrected chi connectivity index (χ3v) is 2.41. The van der Waals surface area contributed by atoms with Crippen LogP contribution >= 0.6 is 0 Å². The van der Waals surface area contributed by atoms with Crippen LogP contribution in [0.1, 0.15) is 25.6 Å². The van der Waals surface area contributed by atoms with Crippen LogP contribution in [-0.4, -0.2) is 17.3 Å². The fraction of sp³-hybridized carbons (Fsp3) is 0.333. The van der Waals surface area contributed by atoms with Crippen LogP contribution in [0.15, 0.2) is 22.7 Å². The highest BCUT2D eigenvalue weighted by atomic mass is 16.5. The average molecular weight is 233 g/mol. The predicted octanol–water partition coefficient (Wildman–Crippen LogP) is 2.45. The molecule has 0 radical (unpaired) electrons. The molecule has 0 amide bonds. The Morgan fingerprint density at radius 3 is 2.71 bits per heavy atom. The molecule has 0 aliphatic heterocycles. The summed E-state index contributed by atoms with van der Waals surface area (Å²) in [6.45, 7) is 4.02. The lowest BCUT2D eigenvalue weighted by Crippen LogP contribution is -1.92. The average Bonchev–Trinajstić information content (AvgIpc) is 2.78. The van der Waals surface area contributed by atoms with Crippen LogP contribution in [0, 0.1) is 0 Å². The Morgan fingerprint density at radius 1 is 1.35 bits per heavy atom. The van der Waals surface area contributed by atoms with E-state index < -0.39 is 0 Å². The van der Waals surface area contributed by atoms with Gasteiger partial charge in [-0.25, -0.2) is 0 Å². The molecule has 1 aromatic carbocycles. The van der Waals surface area contributed by atoms with Gasteiger partial charge in [-0.3, -0.25) is 0 Å². The number of ether oxygens (including phenoxy) is 1. The number of nitrogens with two attached hydrogens (primary N) is 1. The topological polar surface area (TPSA) is 74.2 Å². The third kappa shape index (κ3) is 2.22. The first-order valence-electron chi connectivity index (χ1n) is 5.39. The molecule has 17 heavy (non-hydrogen) atoms. The standard InChI is InChI=1S/C12H15N3O2/c1-7(2)11-14-12(17-15-11)9-5-4-8(13)6-10(9)16-3/h4-7H,13H2,1-3H3. The van der Waals surface area contributed by atoms with Gasteiger partial charge in [-0.15, -0.1) is 0 Å². The van der Waals surface area contributed by atoms with E-state index in [1.807, 2.05) is 19.9 Å². The first-order chi connectivity index (χ1) is 8.11.